The Morgan fingerprint density at radius 2 is 1.57 bits per heavy atom. The number of nitrogens with zero attached hydrogens (tertiary/aromatic N) is 1. The molecular formula is C16H29NO4. The normalized spacial score (nSPS) is 12.3. The number of aliphatic carboxylic acids is 1. The van der Waals surface area contributed by atoms with Gasteiger partial charge < -0.3 is 19.1 Å². The average molecular weight is 299 g/mol. The van der Waals surface area contributed by atoms with Gasteiger partial charge in [0.1, 0.15) is 0 Å². The number of carboxylic acids is 1. The number of hydrogen-bond acceptors (Lipinski definition) is 4. The molecule has 0 radical (unpaired) electrons. The van der Waals surface area contributed by atoms with E-state index in [1.807, 2.05) is 6.92 Å². The van der Waals surface area contributed by atoms with E-state index in [9.17, 15) is 14.7 Å². The molecule has 21 heavy (non-hydrogen) atoms. The summed E-state index contributed by atoms with van der Waals surface area (Å²) in [5, 5.41) is 10.5. The lowest BCUT2D eigenvalue weighted by molar-refractivity contribution is -0.849. The summed E-state index contributed by atoms with van der Waals surface area (Å²) in [6.07, 6.45) is 4.14. The molecule has 0 spiro atoms. The fraction of sp³-hybridized carbons (Fsp3) is 0.625. The van der Waals surface area contributed by atoms with Gasteiger partial charge >= 0.3 is 5.97 Å². The minimum atomic E-state index is -1.22. The second-order valence-electron chi connectivity index (χ2n) is 5.92. The molecule has 0 aromatic heterocycles. The number of allylic oxidation sites excluding steroid dienone is 2. The van der Waals surface area contributed by atoms with E-state index in [2.05, 4.69) is 28.2 Å². The summed E-state index contributed by atoms with van der Waals surface area (Å²) in [7, 11) is 8.50. The minimum Gasteiger partial charge on any atom is -0.545 e. The van der Waals surface area contributed by atoms with Gasteiger partial charge in [0.2, 0.25) is 0 Å². The fourth-order valence-corrected chi connectivity index (χ4v) is 1.07. The summed E-state index contributed by atoms with van der Waals surface area (Å²) in [5.74, 6) is -1.62. The van der Waals surface area contributed by atoms with Crippen LogP contribution in [0.3, 0.4) is 0 Å². The number of quaternary nitrogens is 1. The molecule has 5 heteroatoms. The van der Waals surface area contributed by atoms with Gasteiger partial charge in [-0.2, -0.15) is 0 Å². The lowest BCUT2D eigenvalue weighted by atomic mass is 10.1. The van der Waals surface area contributed by atoms with Crippen LogP contribution in [0.4, 0.5) is 0 Å². The molecule has 122 valence electrons. The van der Waals surface area contributed by atoms with Crippen LogP contribution in [0.5, 0.6) is 0 Å². The minimum absolute atomic E-state index is 0.117. The number of rotatable bonds is 6. The molecule has 0 aromatic rings. The predicted molar refractivity (Wildman–Crippen MR) is 82.3 cm³/mol. The third kappa shape index (κ3) is 16.3. The number of hydrogen-bond donors (Lipinski definition) is 0. The Kier molecular flexibility index (Phi) is 11.4. The Balaban J connectivity index is 0. The predicted octanol–water partition coefficient (Wildman–Crippen LogP) is 1.29. The molecule has 0 bridgehead atoms. The molecule has 5 nitrogen and oxygen atoms in total. The van der Waals surface area contributed by atoms with Crippen molar-refractivity contribution in [3.63, 3.8) is 0 Å². The highest BCUT2D eigenvalue weighted by Crippen LogP contribution is 2.09. The second kappa shape index (κ2) is 11.1. The summed E-state index contributed by atoms with van der Waals surface area (Å²) < 4.78 is 5.85. The Morgan fingerprint density at radius 1 is 1.10 bits per heavy atom. The van der Waals surface area contributed by atoms with E-state index in [0.29, 0.717) is 18.6 Å². The van der Waals surface area contributed by atoms with E-state index in [-0.39, 0.29) is 12.0 Å². The summed E-state index contributed by atoms with van der Waals surface area (Å²) >= 11 is 0. The Labute approximate surface area is 128 Å². The Morgan fingerprint density at radius 3 is 1.90 bits per heavy atom. The summed E-state index contributed by atoms with van der Waals surface area (Å²) in [4.78, 5) is 21.9. The zero-order chi connectivity index (χ0) is 17.1. The molecule has 0 saturated carbocycles. The first-order valence-electron chi connectivity index (χ1n) is 7.06. The van der Waals surface area contributed by atoms with Crippen molar-refractivity contribution in [1.29, 1.82) is 0 Å². The molecule has 0 heterocycles. The third-order valence-corrected chi connectivity index (χ3v) is 1.94. The highest BCUT2D eigenvalue weighted by molar-refractivity contribution is 5.89. The van der Waals surface area contributed by atoms with Crippen molar-refractivity contribution in [2.45, 2.75) is 33.6 Å². The number of carbonyl (C=O) groups is 2. The van der Waals surface area contributed by atoms with Gasteiger partial charge in [0, 0.05) is 5.57 Å². The molecule has 0 aliphatic rings. The monoisotopic (exact) mass is 299 g/mol. The van der Waals surface area contributed by atoms with Gasteiger partial charge in [-0.3, -0.25) is 0 Å². The maximum atomic E-state index is 11.4. The molecule has 0 saturated heterocycles. The van der Waals surface area contributed by atoms with Crippen molar-refractivity contribution in [2.24, 2.45) is 0 Å². The highest BCUT2D eigenvalue weighted by Gasteiger charge is 2.08. The molecule has 0 aromatic carbocycles. The highest BCUT2D eigenvalue weighted by atomic mass is 16.5. The SMILES string of the molecule is CCC=C(CC=C(C)C(=O)[O-])C(=O)OCC.C[N+](C)(C)C. The first kappa shape index (κ1) is 21.7. The summed E-state index contributed by atoms with van der Waals surface area (Å²) in [6.45, 7) is 5.37. The van der Waals surface area contributed by atoms with Crippen LogP contribution >= 0.6 is 0 Å². The van der Waals surface area contributed by atoms with Crippen LogP contribution in [0.2, 0.25) is 0 Å². The van der Waals surface area contributed by atoms with Crippen LogP contribution in [0.15, 0.2) is 23.3 Å². The van der Waals surface area contributed by atoms with Crippen LogP contribution in [0.25, 0.3) is 0 Å². The van der Waals surface area contributed by atoms with Crippen molar-refractivity contribution in [3.05, 3.63) is 23.3 Å². The molecular weight excluding hydrogens is 270 g/mol. The van der Waals surface area contributed by atoms with E-state index in [0.717, 1.165) is 4.48 Å². The molecule has 0 atom stereocenters. The van der Waals surface area contributed by atoms with E-state index in [4.69, 9.17) is 4.74 Å². The van der Waals surface area contributed by atoms with E-state index in [1.165, 1.54) is 13.0 Å². The second-order valence-corrected chi connectivity index (χ2v) is 5.92. The number of ether oxygens (including phenoxy) is 1. The number of carboxylic acid groups (broad SMARTS) is 1. The van der Waals surface area contributed by atoms with E-state index < -0.39 is 11.9 Å². The van der Waals surface area contributed by atoms with Gasteiger partial charge in [-0.15, -0.1) is 0 Å². The molecule has 0 aliphatic carbocycles. The van der Waals surface area contributed by atoms with Gasteiger partial charge in [0.25, 0.3) is 0 Å². The first-order chi connectivity index (χ1) is 9.52. The van der Waals surface area contributed by atoms with Gasteiger partial charge in [-0.1, -0.05) is 19.1 Å². The zero-order valence-corrected chi connectivity index (χ0v) is 14.4. The topological polar surface area (TPSA) is 66.4 Å². The van der Waals surface area contributed by atoms with Crippen molar-refractivity contribution < 1.29 is 23.9 Å². The number of esters is 1. The third-order valence-electron chi connectivity index (χ3n) is 1.94. The van der Waals surface area contributed by atoms with Crippen LogP contribution in [-0.4, -0.2) is 51.2 Å². The maximum absolute atomic E-state index is 11.4. The van der Waals surface area contributed by atoms with Gasteiger partial charge in [-0.05, 0) is 32.3 Å². The quantitative estimate of drug-likeness (QED) is 0.421. The lowest BCUT2D eigenvalue weighted by Crippen LogP contribution is -2.27. The molecule has 0 rings (SSSR count). The van der Waals surface area contributed by atoms with Crippen molar-refractivity contribution >= 4 is 11.9 Å². The van der Waals surface area contributed by atoms with Crippen molar-refractivity contribution in [2.75, 3.05) is 34.8 Å². The summed E-state index contributed by atoms with van der Waals surface area (Å²) in [6, 6.07) is 0. The molecule has 0 unspecified atom stereocenters. The fourth-order valence-electron chi connectivity index (χ4n) is 1.07. The van der Waals surface area contributed by atoms with Gasteiger partial charge in [0.15, 0.2) is 0 Å². The van der Waals surface area contributed by atoms with Gasteiger partial charge in [-0.25, -0.2) is 4.79 Å². The zero-order valence-electron chi connectivity index (χ0n) is 14.4. The molecule has 0 aliphatic heterocycles. The first-order valence-corrected chi connectivity index (χ1v) is 7.06. The van der Waals surface area contributed by atoms with Crippen LogP contribution in [-0.2, 0) is 14.3 Å². The Bertz CT molecular complexity index is 384. The van der Waals surface area contributed by atoms with E-state index in [1.54, 1.807) is 13.0 Å². The lowest BCUT2D eigenvalue weighted by Gasteiger charge is -2.14. The largest absolute Gasteiger partial charge is 0.545 e. The molecule has 0 amide bonds. The van der Waals surface area contributed by atoms with Crippen LogP contribution < -0.4 is 5.11 Å². The summed E-state index contributed by atoms with van der Waals surface area (Å²) in [5.41, 5.74) is 0.594. The van der Waals surface area contributed by atoms with Crippen LogP contribution in [0.1, 0.15) is 33.6 Å². The van der Waals surface area contributed by atoms with Crippen molar-refractivity contribution in [1.82, 2.24) is 0 Å². The molecule has 0 fully saturated rings. The number of carbonyl (C=O) groups excluding carboxylic acids is 2. The molecule has 0 N–H and O–H groups in total. The van der Waals surface area contributed by atoms with Gasteiger partial charge in [0.05, 0.1) is 40.8 Å². The van der Waals surface area contributed by atoms with Crippen LogP contribution in [0, 0.1) is 0 Å². The maximum Gasteiger partial charge on any atom is 0.333 e. The average Bonchev–Trinajstić information content (AvgIpc) is 2.31. The Hall–Kier alpha value is -1.62. The smallest absolute Gasteiger partial charge is 0.333 e. The van der Waals surface area contributed by atoms with E-state index >= 15 is 0 Å². The standard InChI is InChI=1S/C12H18O4.C4H12N/c1-4-6-10(12(15)16-5-2)8-7-9(3)11(13)14;1-5(2,3)4/h6-7H,4-5,8H2,1-3H3,(H,13,14);1-4H3/q;+1/p-1. The van der Waals surface area contributed by atoms with Crippen molar-refractivity contribution in [3.8, 4) is 0 Å².